The zero-order chi connectivity index (χ0) is 24.1. The summed E-state index contributed by atoms with van der Waals surface area (Å²) >= 11 is 0. The number of hydrogen-bond acceptors (Lipinski definition) is 7. The molecule has 176 valence electrons. The second-order valence-electron chi connectivity index (χ2n) is 7.64. The maximum absolute atomic E-state index is 13.4. The van der Waals surface area contributed by atoms with Gasteiger partial charge in [0.1, 0.15) is 24.2 Å². The Morgan fingerprint density at radius 3 is 2.20 bits per heavy atom. The molecule has 1 saturated heterocycles. The van der Waals surface area contributed by atoms with Gasteiger partial charge in [0, 0.05) is 11.6 Å². The van der Waals surface area contributed by atoms with E-state index in [0.29, 0.717) is 22.6 Å². The number of ether oxygens (including phenoxy) is 4. The summed E-state index contributed by atoms with van der Waals surface area (Å²) in [5, 5.41) is 12.1. The number of carbonyl (C=O) groups is 2. The van der Waals surface area contributed by atoms with Gasteiger partial charge in [-0.3, -0.25) is 4.90 Å². The zero-order valence-corrected chi connectivity index (χ0v) is 22.9. The number of carboxylic acid groups (broad SMARTS) is 1. The quantitative estimate of drug-likeness (QED) is 0.428. The Bertz CT molecular complexity index is 1140. The Balaban J connectivity index is 0.00000342. The van der Waals surface area contributed by atoms with Crippen molar-refractivity contribution in [2.45, 2.75) is 25.0 Å². The van der Waals surface area contributed by atoms with Crippen molar-refractivity contribution in [2.75, 3.05) is 14.2 Å². The molecule has 0 aliphatic carbocycles. The summed E-state index contributed by atoms with van der Waals surface area (Å²) in [6.07, 6.45) is -3.26. The Kier molecular flexibility index (Phi) is 9.73. The average Bonchev–Trinajstić information content (AvgIpc) is 3.29. The summed E-state index contributed by atoms with van der Waals surface area (Å²) in [4.78, 5) is 26.8. The van der Waals surface area contributed by atoms with Gasteiger partial charge in [-0.1, -0.05) is 60.7 Å². The third kappa shape index (κ3) is 6.06. The monoisotopic (exact) mass is 501 g/mol. The number of benzene rings is 3. The van der Waals surface area contributed by atoms with E-state index in [1.165, 1.54) is 19.1 Å². The predicted molar refractivity (Wildman–Crippen MR) is 120 cm³/mol. The number of amides is 1. The summed E-state index contributed by atoms with van der Waals surface area (Å²) in [6, 6.07) is 22.0. The van der Waals surface area contributed by atoms with Crippen LogP contribution in [0.5, 0.6) is 11.5 Å². The summed E-state index contributed by atoms with van der Waals surface area (Å²) in [5.74, 6) is -0.534. The van der Waals surface area contributed by atoms with Gasteiger partial charge < -0.3 is 28.8 Å². The van der Waals surface area contributed by atoms with E-state index in [1.807, 2.05) is 30.3 Å². The Morgan fingerprint density at radius 1 is 0.943 bits per heavy atom. The van der Waals surface area contributed by atoms with E-state index in [9.17, 15) is 14.7 Å². The standard InChI is InChI=1S/C26H25NO7.K/c1-31-19-13-14-20(21(15-19)32-2)24-27(26(30)33-16-17-9-5-3-6-10-17)22(23(34-24)25(28)29)18-11-7-4-8-12-18;/h3-15,22-24H,16H2,1-2H3,(H,28,29);/q;+1/p-1/t22-,23+,24?;/m0./s1. The molecule has 0 bridgehead atoms. The van der Waals surface area contributed by atoms with Gasteiger partial charge >= 0.3 is 57.5 Å². The van der Waals surface area contributed by atoms with Gasteiger partial charge in [-0.15, -0.1) is 0 Å². The van der Waals surface area contributed by atoms with Gasteiger partial charge in [-0.2, -0.15) is 0 Å². The first-order valence-corrected chi connectivity index (χ1v) is 10.7. The van der Waals surface area contributed by atoms with Crippen molar-refractivity contribution in [3.8, 4) is 11.5 Å². The summed E-state index contributed by atoms with van der Waals surface area (Å²) < 4.78 is 22.3. The Hall–Kier alpha value is -2.40. The van der Waals surface area contributed by atoms with E-state index in [4.69, 9.17) is 18.9 Å². The van der Waals surface area contributed by atoms with Crippen molar-refractivity contribution < 1.29 is 85.0 Å². The fourth-order valence-electron chi connectivity index (χ4n) is 3.99. The van der Waals surface area contributed by atoms with Gasteiger partial charge in [0.2, 0.25) is 0 Å². The van der Waals surface area contributed by atoms with Crippen LogP contribution in [0, 0.1) is 0 Å². The smallest absolute Gasteiger partial charge is 0.547 e. The van der Waals surface area contributed by atoms with Crippen LogP contribution in [0.25, 0.3) is 0 Å². The van der Waals surface area contributed by atoms with E-state index in [0.717, 1.165) is 5.56 Å². The molecule has 3 aromatic rings. The summed E-state index contributed by atoms with van der Waals surface area (Å²) in [6.45, 7) is 0.0140. The van der Waals surface area contributed by atoms with E-state index in [2.05, 4.69) is 0 Å². The second-order valence-corrected chi connectivity index (χ2v) is 7.64. The van der Waals surface area contributed by atoms with E-state index < -0.39 is 30.4 Å². The minimum Gasteiger partial charge on any atom is -0.547 e. The van der Waals surface area contributed by atoms with Crippen LogP contribution in [0.4, 0.5) is 4.79 Å². The first-order valence-electron chi connectivity index (χ1n) is 10.7. The van der Waals surface area contributed by atoms with Crippen LogP contribution in [0.1, 0.15) is 29.0 Å². The van der Waals surface area contributed by atoms with Crippen LogP contribution in [-0.2, 0) is 20.9 Å². The number of carbonyl (C=O) groups excluding carboxylic acids is 2. The van der Waals surface area contributed by atoms with E-state index in [1.54, 1.807) is 48.5 Å². The number of nitrogens with zero attached hydrogens (tertiary/aromatic N) is 1. The molecule has 9 heteroatoms. The van der Waals surface area contributed by atoms with Crippen LogP contribution in [0.15, 0.2) is 78.9 Å². The molecular weight excluding hydrogens is 477 g/mol. The van der Waals surface area contributed by atoms with Crippen LogP contribution >= 0.6 is 0 Å². The molecule has 1 aliphatic rings. The predicted octanol–water partition coefficient (Wildman–Crippen LogP) is 0.235. The molecule has 0 aromatic heterocycles. The molecule has 1 fully saturated rings. The van der Waals surface area contributed by atoms with Crippen LogP contribution in [0.2, 0.25) is 0 Å². The normalized spacial score (nSPS) is 18.9. The zero-order valence-electron chi connectivity index (χ0n) is 19.7. The SMILES string of the molecule is COc1ccc(C2O[C@@H](C(=O)[O-])[C@H](c3ccccc3)N2C(=O)OCc2ccccc2)c(OC)c1.[K+]. The van der Waals surface area contributed by atoms with Crippen molar-refractivity contribution in [1.82, 2.24) is 4.90 Å². The van der Waals surface area contributed by atoms with Crippen LogP contribution in [-0.4, -0.2) is 37.3 Å². The summed E-state index contributed by atoms with van der Waals surface area (Å²) in [5.41, 5.74) is 1.82. The van der Waals surface area contributed by atoms with Crippen molar-refractivity contribution >= 4 is 12.1 Å². The molecular formula is C26H24KNO7. The third-order valence-electron chi connectivity index (χ3n) is 5.61. The third-order valence-corrected chi connectivity index (χ3v) is 5.61. The topological polar surface area (TPSA) is 97.4 Å². The maximum Gasteiger partial charge on any atom is 1.00 e. The van der Waals surface area contributed by atoms with Gasteiger partial charge in [-0.05, 0) is 23.3 Å². The van der Waals surface area contributed by atoms with E-state index >= 15 is 0 Å². The fraction of sp³-hybridized carbons (Fsp3) is 0.231. The Labute approximate surface area is 246 Å². The number of rotatable bonds is 7. The Morgan fingerprint density at radius 2 is 1.60 bits per heavy atom. The van der Waals surface area contributed by atoms with Gasteiger partial charge in [-0.25, -0.2) is 4.79 Å². The number of methoxy groups -OCH3 is 2. The van der Waals surface area contributed by atoms with Gasteiger partial charge in [0.05, 0.1) is 26.2 Å². The number of aliphatic carboxylic acids is 1. The fourth-order valence-corrected chi connectivity index (χ4v) is 3.99. The summed E-state index contributed by atoms with van der Waals surface area (Å²) in [7, 11) is 2.99. The maximum atomic E-state index is 13.4. The molecule has 1 amide bonds. The van der Waals surface area contributed by atoms with Crippen molar-refractivity contribution in [3.63, 3.8) is 0 Å². The first-order chi connectivity index (χ1) is 16.5. The molecule has 3 aromatic carbocycles. The minimum atomic E-state index is -1.44. The number of hydrogen-bond donors (Lipinski definition) is 0. The molecule has 8 nitrogen and oxygen atoms in total. The average molecular weight is 502 g/mol. The molecule has 0 spiro atoms. The second kappa shape index (κ2) is 12.5. The number of carboxylic acids is 1. The first kappa shape index (κ1) is 27.2. The van der Waals surface area contributed by atoms with Crippen LogP contribution in [0.3, 0.4) is 0 Å². The van der Waals surface area contributed by atoms with Crippen molar-refractivity contribution in [3.05, 3.63) is 95.6 Å². The van der Waals surface area contributed by atoms with Crippen molar-refractivity contribution in [1.29, 1.82) is 0 Å². The molecule has 0 radical (unpaired) electrons. The molecule has 1 aliphatic heterocycles. The van der Waals surface area contributed by atoms with Crippen molar-refractivity contribution in [2.24, 2.45) is 0 Å². The van der Waals surface area contributed by atoms with Gasteiger partial charge in [0.25, 0.3) is 0 Å². The van der Waals surface area contributed by atoms with E-state index in [-0.39, 0.29) is 58.0 Å². The van der Waals surface area contributed by atoms with Crippen LogP contribution < -0.4 is 66.0 Å². The molecule has 1 unspecified atom stereocenters. The molecule has 0 N–H and O–H groups in total. The molecule has 35 heavy (non-hydrogen) atoms. The molecule has 4 rings (SSSR count). The molecule has 1 heterocycles. The largest absolute Gasteiger partial charge is 1.00 e. The molecule has 3 atom stereocenters. The molecule has 0 saturated carbocycles. The minimum absolute atomic E-state index is 0. The van der Waals surface area contributed by atoms with Gasteiger partial charge in [0.15, 0.2) is 6.23 Å².